The highest BCUT2D eigenvalue weighted by Gasteiger charge is 2.35. The van der Waals surface area contributed by atoms with Crippen molar-refractivity contribution in [1.29, 1.82) is 0 Å². The molecule has 2 bridgehead atoms. The molecule has 3 aromatic rings. The van der Waals surface area contributed by atoms with E-state index in [0.29, 0.717) is 24.9 Å². The first-order valence-corrected chi connectivity index (χ1v) is 9.72. The standard InChI is InChI=1S/C21H21N5O3/c22-20(28)21-23-18(29-24-21)12-25-9-13-6-16(11-25)17-7-15(8-19(27)26(17)10-13)14-4-2-1-3-5-14/h1-5,7-8,13,16H,6,9-12H2,(H2,22,28)/t13-,16+/m0/s1. The molecule has 0 unspecified atom stereocenters. The SMILES string of the molecule is NC(=O)c1noc(CN2C[C@@H]3C[C@H](C2)c2cc(-c4ccccc4)cc(=O)n2C3)n1. The minimum absolute atomic E-state index is 0.0625. The molecule has 2 N–H and O–H groups in total. The van der Waals surface area contributed by atoms with Crippen molar-refractivity contribution in [2.45, 2.75) is 25.4 Å². The third kappa shape index (κ3) is 3.36. The molecule has 0 radical (unpaired) electrons. The summed E-state index contributed by atoms with van der Waals surface area (Å²) in [4.78, 5) is 30.3. The van der Waals surface area contributed by atoms with Crippen molar-refractivity contribution < 1.29 is 9.32 Å². The molecule has 1 fully saturated rings. The van der Waals surface area contributed by atoms with Crippen LogP contribution in [0, 0.1) is 5.92 Å². The van der Waals surface area contributed by atoms with Crippen molar-refractivity contribution in [2.75, 3.05) is 13.1 Å². The molecule has 5 rings (SSSR count). The molecular formula is C21H21N5O3. The minimum atomic E-state index is -0.697. The Bertz CT molecular complexity index is 1120. The fourth-order valence-corrected chi connectivity index (χ4v) is 4.60. The zero-order valence-corrected chi connectivity index (χ0v) is 15.8. The summed E-state index contributed by atoms with van der Waals surface area (Å²) in [6.07, 6.45) is 1.06. The fourth-order valence-electron chi connectivity index (χ4n) is 4.60. The Morgan fingerprint density at radius 1 is 1.14 bits per heavy atom. The number of pyridine rings is 1. The number of carbonyl (C=O) groups is 1. The molecule has 0 spiro atoms. The van der Waals surface area contributed by atoms with Gasteiger partial charge in [0.15, 0.2) is 0 Å². The van der Waals surface area contributed by atoms with E-state index in [2.05, 4.69) is 21.1 Å². The first kappa shape index (κ1) is 17.8. The third-order valence-electron chi connectivity index (χ3n) is 5.79. The Morgan fingerprint density at radius 2 is 1.97 bits per heavy atom. The van der Waals surface area contributed by atoms with Gasteiger partial charge in [-0.15, -0.1) is 0 Å². The number of nitrogens with zero attached hydrogens (tertiary/aromatic N) is 4. The van der Waals surface area contributed by atoms with Crippen LogP contribution in [-0.2, 0) is 13.1 Å². The summed E-state index contributed by atoms with van der Waals surface area (Å²) in [6.45, 7) is 2.82. The van der Waals surface area contributed by atoms with Crippen molar-refractivity contribution in [3.05, 3.63) is 70.2 Å². The minimum Gasteiger partial charge on any atom is -0.363 e. The average molecular weight is 391 g/mol. The van der Waals surface area contributed by atoms with Gasteiger partial charge in [0.05, 0.1) is 6.54 Å². The lowest BCUT2D eigenvalue weighted by molar-refractivity contribution is 0.0987. The van der Waals surface area contributed by atoms with Crippen molar-refractivity contribution in [3.8, 4) is 11.1 Å². The van der Waals surface area contributed by atoms with Gasteiger partial charge in [-0.25, -0.2) is 0 Å². The number of aromatic nitrogens is 3. The van der Waals surface area contributed by atoms with Crippen LogP contribution in [0.1, 0.15) is 34.5 Å². The molecule has 2 aromatic heterocycles. The lowest BCUT2D eigenvalue weighted by atomic mass is 9.82. The van der Waals surface area contributed by atoms with Crippen LogP contribution in [0.5, 0.6) is 0 Å². The number of primary amides is 1. The zero-order chi connectivity index (χ0) is 20.0. The van der Waals surface area contributed by atoms with Gasteiger partial charge in [0.1, 0.15) is 0 Å². The smallest absolute Gasteiger partial charge is 0.290 e. The normalized spacial score (nSPS) is 21.0. The largest absolute Gasteiger partial charge is 0.363 e. The Kier molecular flexibility index (Phi) is 4.28. The highest BCUT2D eigenvalue weighted by Crippen LogP contribution is 2.36. The number of hydrogen-bond acceptors (Lipinski definition) is 6. The predicted octanol–water partition coefficient (Wildman–Crippen LogP) is 1.62. The second kappa shape index (κ2) is 6.97. The van der Waals surface area contributed by atoms with Crippen molar-refractivity contribution >= 4 is 5.91 Å². The highest BCUT2D eigenvalue weighted by atomic mass is 16.5. The molecule has 1 aromatic carbocycles. The zero-order valence-electron chi connectivity index (χ0n) is 15.8. The van der Waals surface area contributed by atoms with Gasteiger partial charge in [-0.3, -0.25) is 14.5 Å². The summed E-state index contributed by atoms with van der Waals surface area (Å²) in [5.41, 5.74) is 8.35. The monoisotopic (exact) mass is 391 g/mol. The van der Waals surface area contributed by atoms with E-state index in [9.17, 15) is 9.59 Å². The van der Waals surface area contributed by atoms with Crippen LogP contribution in [0.25, 0.3) is 11.1 Å². The van der Waals surface area contributed by atoms with Crippen LogP contribution in [0.2, 0.25) is 0 Å². The van der Waals surface area contributed by atoms with E-state index in [1.807, 2.05) is 34.9 Å². The first-order chi connectivity index (χ1) is 14.1. The molecule has 2 aliphatic rings. The van der Waals surface area contributed by atoms with E-state index in [1.54, 1.807) is 6.07 Å². The van der Waals surface area contributed by atoms with E-state index in [1.165, 1.54) is 0 Å². The van der Waals surface area contributed by atoms with Crippen molar-refractivity contribution in [2.24, 2.45) is 11.7 Å². The molecule has 1 saturated heterocycles. The summed E-state index contributed by atoms with van der Waals surface area (Å²) < 4.78 is 7.09. The molecule has 8 heteroatoms. The molecule has 4 heterocycles. The number of fused-ring (bicyclic) bond motifs is 4. The molecule has 2 aliphatic heterocycles. The lowest BCUT2D eigenvalue weighted by Gasteiger charge is -2.42. The number of carbonyl (C=O) groups excluding carboxylic acids is 1. The topological polar surface area (TPSA) is 107 Å². The molecule has 148 valence electrons. The fraction of sp³-hybridized carbons (Fsp3) is 0.333. The Balaban J connectivity index is 1.42. The summed E-state index contributed by atoms with van der Waals surface area (Å²) in [6, 6.07) is 13.9. The lowest BCUT2D eigenvalue weighted by Crippen LogP contribution is -2.46. The second-order valence-electron chi connectivity index (χ2n) is 7.85. The van der Waals surface area contributed by atoms with E-state index >= 15 is 0 Å². The number of benzene rings is 1. The average Bonchev–Trinajstić information content (AvgIpc) is 3.18. The molecule has 8 nitrogen and oxygen atoms in total. The predicted molar refractivity (Wildman–Crippen MR) is 105 cm³/mol. The summed E-state index contributed by atoms with van der Waals surface area (Å²) in [7, 11) is 0. The second-order valence-corrected chi connectivity index (χ2v) is 7.85. The van der Waals surface area contributed by atoms with Gasteiger partial charge in [-0.1, -0.05) is 35.5 Å². The van der Waals surface area contributed by atoms with Gasteiger partial charge >= 0.3 is 0 Å². The first-order valence-electron chi connectivity index (χ1n) is 9.72. The maximum absolute atomic E-state index is 12.8. The highest BCUT2D eigenvalue weighted by molar-refractivity contribution is 5.88. The third-order valence-corrected chi connectivity index (χ3v) is 5.79. The van der Waals surface area contributed by atoms with Crippen molar-refractivity contribution in [3.63, 3.8) is 0 Å². The number of rotatable bonds is 4. The van der Waals surface area contributed by atoms with Gasteiger partial charge in [0.2, 0.25) is 5.89 Å². The maximum Gasteiger partial charge on any atom is 0.290 e. The van der Waals surface area contributed by atoms with Crippen LogP contribution in [0.4, 0.5) is 0 Å². The van der Waals surface area contributed by atoms with Crippen LogP contribution in [0.3, 0.4) is 0 Å². The van der Waals surface area contributed by atoms with E-state index in [0.717, 1.165) is 36.3 Å². The van der Waals surface area contributed by atoms with E-state index in [4.69, 9.17) is 10.3 Å². The Morgan fingerprint density at radius 3 is 2.72 bits per heavy atom. The van der Waals surface area contributed by atoms with E-state index < -0.39 is 5.91 Å². The Labute approximate surface area is 166 Å². The van der Waals surface area contributed by atoms with Gasteiger partial charge < -0.3 is 14.8 Å². The number of nitrogens with two attached hydrogens (primary N) is 1. The van der Waals surface area contributed by atoms with Crippen LogP contribution >= 0.6 is 0 Å². The van der Waals surface area contributed by atoms with Crippen molar-refractivity contribution in [1.82, 2.24) is 19.6 Å². The Hall–Kier alpha value is -3.26. The quantitative estimate of drug-likeness (QED) is 0.724. The maximum atomic E-state index is 12.8. The molecule has 0 saturated carbocycles. The molecule has 2 atom stereocenters. The van der Waals surface area contributed by atoms with E-state index in [-0.39, 0.29) is 17.3 Å². The molecule has 1 amide bonds. The number of amides is 1. The summed E-state index contributed by atoms with van der Waals surface area (Å²) in [5, 5.41) is 3.61. The van der Waals surface area contributed by atoms with Gasteiger partial charge in [-0.05, 0) is 29.5 Å². The van der Waals surface area contributed by atoms with Gasteiger partial charge in [-0.2, -0.15) is 4.98 Å². The van der Waals surface area contributed by atoms with Crippen LogP contribution in [0.15, 0.2) is 51.8 Å². The van der Waals surface area contributed by atoms with Crippen LogP contribution in [-0.4, -0.2) is 38.6 Å². The number of piperidine rings is 1. The molecule has 29 heavy (non-hydrogen) atoms. The number of likely N-dealkylation sites (tertiary alicyclic amines) is 1. The van der Waals surface area contributed by atoms with Gasteiger partial charge in [0, 0.05) is 37.3 Å². The summed E-state index contributed by atoms with van der Waals surface area (Å²) >= 11 is 0. The van der Waals surface area contributed by atoms with Gasteiger partial charge in [0.25, 0.3) is 17.3 Å². The van der Waals surface area contributed by atoms with Crippen LogP contribution < -0.4 is 11.3 Å². The summed E-state index contributed by atoms with van der Waals surface area (Å²) in [5.74, 6) is 0.241. The molecular weight excluding hydrogens is 370 g/mol. The molecule has 0 aliphatic carbocycles. The number of hydrogen-bond donors (Lipinski definition) is 1.